The highest BCUT2D eigenvalue weighted by molar-refractivity contribution is 7.27. The van der Waals surface area contributed by atoms with E-state index in [1.54, 1.807) is 0 Å². The van der Waals surface area contributed by atoms with Crippen LogP contribution in [0.2, 0.25) is 0 Å². The van der Waals surface area contributed by atoms with E-state index in [4.69, 9.17) is 29.9 Å². The molecule has 8 heteroatoms. The quantitative estimate of drug-likeness (QED) is 0.102. The number of benzene rings is 17. The molecule has 6 nitrogen and oxygen atoms in total. The van der Waals surface area contributed by atoms with Gasteiger partial charge in [0.2, 0.25) is 0 Å². The van der Waals surface area contributed by atoms with Gasteiger partial charge in [0, 0.05) is 86.2 Å². The van der Waals surface area contributed by atoms with Crippen LogP contribution in [0, 0.1) is 0 Å². The van der Waals surface area contributed by atoms with Crippen LogP contribution in [0.1, 0.15) is 0 Å². The van der Waals surface area contributed by atoms with Gasteiger partial charge >= 0.3 is 0 Å². The molecule has 0 saturated heterocycles. The molecule has 6 heterocycles. The molecule has 580 valence electrons. The van der Waals surface area contributed by atoms with Crippen molar-refractivity contribution in [1.82, 2.24) is 29.9 Å². The summed E-state index contributed by atoms with van der Waals surface area (Å²) >= 11 is 3.64. The molecule has 0 unspecified atom stereocenters. The molecule has 0 atom stereocenters. The summed E-state index contributed by atoms with van der Waals surface area (Å²) in [5, 5.41) is 7.38. The molecule has 0 fully saturated rings. The van der Waals surface area contributed by atoms with Crippen LogP contribution in [0.25, 0.3) is 230 Å². The van der Waals surface area contributed by atoms with E-state index < -0.39 is 0 Å². The van der Waals surface area contributed by atoms with Crippen LogP contribution in [0.4, 0.5) is 0 Å². The normalized spacial score (nSPS) is 11.4. The van der Waals surface area contributed by atoms with Gasteiger partial charge in [-0.2, -0.15) is 0 Å². The average molecular weight is 1620 g/mol. The molecule has 6 aromatic heterocycles. The standard InChI is InChI=1S/C61H39N3S.C55H35N3S/c1-4-13-40(14-5-1)43-23-29-46(30-24-43)55-39-56(47-31-25-44(26-32-47)41-15-6-2-7-16-41)64-61(63-55)48-33-27-45(28-34-48)49-19-12-20-51(37-49)59-60-58(52-21-10-11-22-57(52)65-60)53-38-50(35-36-54(53)62-59)42-17-8-3-9-18-42;1-4-15-36(16-5-1)39-21-12-22-40(31-39)43-29-30-48-47(34-43)52-46-27-10-11-28-51(46)59-54(52)53(56-48)44-25-13-23-41(32-44)42-24-14-26-45(33-42)55-57-49(37-17-6-2-7-18-37)35-50(58-55)38-19-8-3-9-20-38/h1-39H;1-35H. The van der Waals surface area contributed by atoms with Gasteiger partial charge in [0.15, 0.2) is 11.6 Å². The summed E-state index contributed by atoms with van der Waals surface area (Å²) in [6.45, 7) is 0. The van der Waals surface area contributed by atoms with Crippen molar-refractivity contribution in [3.8, 4) is 168 Å². The molecule has 0 aliphatic rings. The molecule has 0 bridgehead atoms. The number of rotatable bonds is 15. The van der Waals surface area contributed by atoms with E-state index in [1.807, 2.05) is 71.2 Å². The first-order chi connectivity index (χ1) is 61.4. The zero-order chi connectivity index (χ0) is 82.2. The van der Waals surface area contributed by atoms with Gasteiger partial charge in [-0.3, -0.25) is 0 Å². The number of fused-ring (bicyclic) bond motifs is 10. The third-order valence-electron chi connectivity index (χ3n) is 23.4. The minimum absolute atomic E-state index is 0.681. The van der Waals surface area contributed by atoms with Crippen LogP contribution >= 0.6 is 22.7 Å². The van der Waals surface area contributed by atoms with Crippen LogP contribution in [0.5, 0.6) is 0 Å². The minimum atomic E-state index is 0.681. The predicted molar refractivity (Wildman–Crippen MR) is 522 cm³/mol. The predicted octanol–water partition coefficient (Wildman–Crippen LogP) is 31.8. The van der Waals surface area contributed by atoms with Crippen molar-refractivity contribution >= 4 is 84.8 Å². The molecule has 0 aliphatic carbocycles. The number of hydrogen-bond donors (Lipinski definition) is 0. The maximum Gasteiger partial charge on any atom is 0.160 e. The van der Waals surface area contributed by atoms with Crippen LogP contribution in [0.3, 0.4) is 0 Å². The summed E-state index contributed by atoms with van der Waals surface area (Å²) in [6.07, 6.45) is 0. The topological polar surface area (TPSA) is 77.3 Å². The highest BCUT2D eigenvalue weighted by Gasteiger charge is 2.22. The van der Waals surface area contributed by atoms with Gasteiger partial charge < -0.3 is 0 Å². The lowest BCUT2D eigenvalue weighted by Gasteiger charge is -2.12. The average Bonchev–Trinajstić information content (AvgIpc) is 1.57. The van der Waals surface area contributed by atoms with E-state index in [1.165, 1.54) is 107 Å². The second-order valence-electron chi connectivity index (χ2n) is 31.2. The summed E-state index contributed by atoms with van der Waals surface area (Å²) in [5.74, 6) is 1.37. The summed E-state index contributed by atoms with van der Waals surface area (Å²) in [6, 6.07) is 159. The summed E-state index contributed by atoms with van der Waals surface area (Å²) in [4.78, 5) is 31.4. The highest BCUT2D eigenvalue weighted by atomic mass is 32.1. The summed E-state index contributed by atoms with van der Waals surface area (Å²) < 4.78 is 4.91. The monoisotopic (exact) mass is 1610 g/mol. The zero-order valence-corrected chi connectivity index (χ0v) is 68.9. The Morgan fingerprint density at radius 1 is 0.145 bits per heavy atom. The van der Waals surface area contributed by atoms with E-state index in [0.717, 1.165) is 112 Å². The number of thiophene rings is 2. The lowest BCUT2D eigenvalue weighted by Crippen LogP contribution is -1.96. The van der Waals surface area contributed by atoms with Crippen molar-refractivity contribution in [2.24, 2.45) is 0 Å². The van der Waals surface area contributed by atoms with Crippen molar-refractivity contribution in [3.05, 3.63) is 449 Å². The number of aromatic nitrogens is 6. The molecule has 124 heavy (non-hydrogen) atoms. The Bertz CT molecular complexity index is 7760. The SMILES string of the molecule is c1ccc(-c2ccc(-c3cc(-c4ccc(-c5ccccc5)cc4)nc(-c4ccc(-c5cccc(-c6nc7ccc(-c8ccccc8)cc7c7c6sc6ccccc67)c5)cc4)n3)cc2)cc1.c1ccc(-c2cccc(-c3ccc4nc(-c5cccc(-c6cccc(-c7nc(-c8ccccc8)cc(-c8ccccc8)n7)c6)c5)c5sc6ccccc6c5c4c3)c2)cc1. The molecule has 0 radical (unpaired) electrons. The van der Waals surface area contributed by atoms with Gasteiger partial charge in [-0.05, 0) is 151 Å². The van der Waals surface area contributed by atoms with Gasteiger partial charge in [-0.25, -0.2) is 29.9 Å². The van der Waals surface area contributed by atoms with E-state index in [-0.39, 0.29) is 0 Å². The lowest BCUT2D eigenvalue weighted by molar-refractivity contribution is 1.18. The lowest BCUT2D eigenvalue weighted by atomic mass is 9.96. The molecule has 23 rings (SSSR count). The Hall–Kier alpha value is -15.8. The molecule has 0 aliphatic heterocycles. The van der Waals surface area contributed by atoms with Crippen LogP contribution in [-0.2, 0) is 0 Å². The smallest absolute Gasteiger partial charge is 0.160 e. The minimum Gasteiger partial charge on any atom is -0.246 e. The largest absolute Gasteiger partial charge is 0.246 e. The fourth-order valence-electron chi connectivity index (χ4n) is 17.1. The summed E-state index contributed by atoms with van der Waals surface area (Å²) in [7, 11) is 0. The van der Waals surface area contributed by atoms with E-state index in [9.17, 15) is 0 Å². The molecular formula is C116H74N6S2. The maximum absolute atomic E-state index is 5.44. The third-order valence-corrected chi connectivity index (χ3v) is 25.8. The molecule has 0 saturated carbocycles. The second kappa shape index (κ2) is 32.7. The Balaban J connectivity index is 0.000000148. The van der Waals surface area contributed by atoms with Crippen molar-refractivity contribution in [1.29, 1.82) is 0 Å². The molecule has 23 aromatic rings. The third kappa shape index (κ3) is 14.7. The van der Waals surface area contributed by atoms with Crippen LogP contribution < -0.4 is 0 Å². The first-order valence-corrected chi connectivity index (χ1v) is 43.4. The van der Waals surface area contributed by atoms with Gasteiger partial charge in [0.05, 0.1) is 54.6 Å². The van der Waals surface area contributed by atoms with E-state index >= 15 is 0 Å². The number of nitrogens with zero attached hydrogens (tertiary/aromatic N) is 6. The van der Waals surface area contributed by atoms with Gasteiger partial charge in [0.25, 0.3) is 0 Å². The number of pyridine rings is 2. The fraction of sp³-hybridized carbons (Fsp3) is 0. The van der Waals surface area contributed by atoms with Gasteiger partial charge in [-0.1, -0.05) is 376 Å². The van der Waals surface area contributed by atoms with Crippen molar-refractivity contribution < 1.29 is 0 Å². The molecular weight excluding hydrogens is 1540 g/mol. The molecule has 0 N–H and O–H groups in total. The van der Waals surface area contributed by atoms with Crippen LogP contribution in [-0.4, -0.2) is 29.9 Å². The van der Waals surface area contributed by atoms with Crippen LogP contribution in [0.15, 0.2) is 449 Å². The van der Waals surface area contributed by atoms with Gasteiger partial charge in [0.1, 0.15) is 0 Å². The molecule has 0 amide bonds. The zero-order valence-electron chi connectivity index (χ0n) is 67.2. The summed E-state index contributed by atoms with van der Waals surface area (Å²) in [5.41, 5.74) is 32.1. The second-order valence-corrected chi connectivity index (χ2v) is 33.3. The Morgan fingerprint density at radius 3 is 0.766 bits per heavy atom. The molecule has 17 aromatic carbocycles. The first kappa shape index (κ1) is 74.5. The van der Waals surface area contributed by atoms with E-state index in [2.05, 4.69) is 400 Å². The van der Waals surface area contributed by atoms with Gasteiger partial charge in [-0.15, -0.1) is 22.7 Å². The Labute approximate surface area is 726 Å². The number of hydrogen-bond acceptors (Lipinski definition) is 8. The van der Waals surface area contributed by atoms with E-state index in [0.29, 0.717) is 11.6 Å². The molecule has 0 spiro atoms. The first-order valence-electron chi connectivity index (χ1n) is 41.7. The van der Waals surface area contributed by atoms with Crippen molar-refractivity contribution in [2.75, 3.05) is 0 Å². The van der Waals surface area contributed by atoms with Crippen molar-refractivity contribution in [3.63, 3.8) is 0 Å². The Morgan fingerprint density at radius 2 is 0.379 bits per heavy atom. The highest BCUT2D eigenvalue weighted by Crippen LogP contribution is 2.48. The fourth-order valence-corrected chi connectivity index (χ4v) is 19.5. The Kier molecular flexibility index (Phi) is 19.6. The van der Waals surface area contributed by atoms with Crippen molar-refractivity contribution in [2.45, 2.75) is 0 Å². The maximum atomic E-state index is 5.44.